The van der Waals surface area contributed by atoms with Crippen molar-refractivity contribution < 1.29 is 13.6 Å². The van der Waals surface area contributed by atoms with Crippen LogP contribution in [0.15, 0.2) is 42.6 Å². The predicted molar refractivity (Wildman–Crippen MR) is 76.8 cm³/mol. The zero-order chi connectivity index (χ0) is 15.6. The first-order chi connectivity index (χ1) is 10.5. The Hall–Kier alpha value is -2.28. The van der Waals surface area contributed by atoms with Crippen LogP contribution in [0.2, 0.25) is 0 Å². The summed E-state index contributed by atoms with van der Waals surface area (Å²) in [5.74, 6) is -3.23. The van der Waals surface area contributed by atoms with Crippen molar-refractivity contribution in [1.29, 1.82) is 0 Å². The van der Waals surface area contributed by atoms with E-state index in [1.807, 2.05) is 30.3 Å². The zero-order valence-corrected chi connectivity index (χ0v) is 11.8. The first-order valence-corrected chi connectivity index (χ1v) is 7.02. The van der Waals surface area contributed by atoms with Crippen LogP contribution in [0.25, 0.3) is 5.69 Å². The minimum atomic E-state index is -2.81. The van der Waals surface area contributed by atoms with Crippen molar-refractivity contribution in [3.63, 3.8) is 0 Å². The fourth-order valence-corrected chi connectivity index (χ4v) is 2.38. The smallest absolute Gasteiger partial charge is 0.262 e. The fraction of sp³-hybridized carbons (Fsp3) is 0.333. The minimum absolute atomic E-state index is 0.211. The van der Waals surface area contributed by atoms with Gasteiger partial charge in [-0.05, 0) is 18.2 Å². The molecule has 0 saturated carbocycles. The molecule has 3 rings (SSSR count). The van der Waals surface area contributed by atoms with Gasteiger partial charge in [-0.1, -0.05) is 18.2 Å². The number of nitrogens with zero attached hydrogens (tertiary/aromatic N) is 2. The Morgan fingerprint density at radius 1 is 1.36 bits per heavy atom. The van der Waals surface area contributed by atoms with Gasteiger partial charge in [-0.2, -0.15) is 5.10 Å². The molecule has 116 valence electrons. The number of amides is 1. The molecular formula is C15H16F2N4O. The summed E-state index contributed by atoms with van der Waals surface area (Å²) in [6.45, 7) is -0.240. The molecule has 22 heavy (non-hydrogen) atoms. The lowest BCUT2D eigenvalue weighted by Gasteiger charge is -2.10. The molecule has 7 heteroatoms. The average Bonchev–Trinajstić information content (AvgIpc) is 3.12. The van der Waals surface area contributed by atoms with Gasteiger partial charge in [0, 0.05) is 12.6 Å². The largest absolute Gasteiger partial charge is 0.349 e. The number of hydrogen-bond donors (Lipinski definition) is 2. The van der Waals surface area contributed by atoms with E-state index in [-0.39, 0.29) is 6.54 Å². The van der Waals surface area contributed by atoms with Gasteiger partial charge in [0.25, 0.3) is 5.92 Å². The van der Waals surface area contributed by atoms with Crippen molar-refractivity contribution in [3.8, 4) is 5.69 Å². The van der Waals surface area contributed by atoms with E-state index in [1.165, 1.54) is 0 Å². The van der Waals surface area contributed by atoms with Gasteiger partial charge in [0.2, 0.25) is 5.91 Å². The number of carbonyl (C=O) groups is 1. The van der Waals surface area contributed by atoms with E-state index < -0.39 is 30.8 Å². The highest BCUT2D eigenvalue weighted by Gasteiger charge is 2.42. The van der Waals surface area contributed by atoms with Gasteiger partial charge in [-0.15, -0.1) is 0 Å². The highest BCUT2D eigenvalue weighted by Crippen LogP contribution is 2.25. The molecule has 1 saturated heterocycles. The van der Waals surface area contributed by atoms with E-state index in [0.717, 1.165) is 5.69 Å². The predicted octanol–water partition coefficient (Wildman–Crippen LogP) is 1.49. The molecule has 1 amide bonds. The SMILES string of the molecule is O=C(NCc1ccn(-c2ccccc2)n1)C1CC(F)(F)CN1. The van der Waals surface area contributed by atoms with Crippen LogP contribution >= 0.6 is 0 Å². The second kappa shape index (κ2) is 5.84. The minimum Gasteiger partial charge on any atom is -0.349 e. The number of rotatable bonds is 4. The number of benzene rings is 1. The van der Waals surface area contributed by atoms with Gasteiger partial charge in [-0.25, -0.2) is 13.5 Å². The monoisotopic (exact) mass is 306 g/mol. The first kappa shape index (κ1) is 14.6. The van der Waals surface area contributed by atoms with Crippen LogP contribution in [-0.4, -0.2) is 34.2 Å². The second-order valence-corrected chi connectivity index (χ2v) is 5.30. The Bertz CT molecular complexity index is 657. The third kappa shape index (κ3) is 3.30. The van der Waals surface area contributed by atoms with Gasteiger partial charge in [0.1, 0.15) is 0 Å². The van der Waals surface area contributed by atoms with Crippen molar-refractivity contribution in [1.82, 2.24) is 20.4 Å². The Morgan fingerprint density at radius 3 is 2.82 bits per heavy atom. The number of aromatic nitrogens is 2. The van der Waals surface area contributed by atoms with Gasteiger partial charge in [0.05, 0.1) is 30.5 Å². The fourth-order valence-electron chi connectivity index (χ4n) is 2.38. The molecular weight excluding hydrogens is 290 g/mol. The molecule has 0 bridgehead atoms. The number of alkyl halides is 2. The summed E-state index contributed by atoms with van der Waals surface area (Å²) in [7, 11) is 0. The normalized spacial score (nSPS) is 20.0. The molecule has 2 aromatic rings. The Kier molecular flexibility index (Phi) is 3.89. The third-order valence-corrected chi connectivity index (χ3v) is 3.54. The zero-order valence-electron chi connectivity index (χ0n) is 11.8. The van der Waals surface area contributed by atoms with Gasteiger partial charge < -0.3 is 5.32 Å². The molecule has 0 spiro atoms. The van der Waals surface area contributed by atoms with E-state index >= 15 is 0 Å². The summed E-state index contributed by atoms with van der Waals surface area (Å²) in [5, 5.41) is 9.50. The molecule has 1 unspecified atom stereocenters. The van der Waals surface area contributed by atoms with Crippen LogP contribution in [0, 0.1) is 0 Å². The number of hydrogen-bond acceptors (Lipinski definition) is 3. The van der Waals surface area contributed by atoms with Crippen LogP contribution in [0.5, 0.6) is 0 Å². The lowest BCUT2D eigenvalue weighted by atomic mass is 10.2. The molecule has 0 aliphatic carbocycles. The molecule has 2 N–H and O–H groups in total. The molecule has 5 nitrogen and oxygen atoms in total. The maximum absolute atomic E-state index is 13.1. The Balaban J connectivity index is 1.56. The molecule has 1 atom stereocenters. The first-order valence-electron chi connectivity index (χ1n) is 7.02. The van der Waals surface area contributed by atoms with Crippen molar-refractivity contribution in [2.45, 2.75) is 24.9 Å². The number of nitrogens with one attached hydrogen (secondary N) is 2. The summed E-state index contributed by atoms with van der Waals surface area (Å²) >= 11 is 0. The quantitative estimate of drug-likeness (QED) is 0.900. The topological polar surface area (TPSA) is 59.0 Å². The van der Waals surface area contributed by atoms with Crippen LogP contribution in [0.4, 0.5) is 8.78 Å². The summed E-state index contributed by atoms with van der Waals surface area (Å²) in [4.78, 5) is 11.8. The number of halogens is 2. The van der Waals surface area contributed by atoms with Crippen molar-refractivity contribution in [2.75, 3.05) is 6.54 Å². The molecule has 0 radical (unpaired) electrons. The Labute approximate surface area is 126 Å². The maximum Gasteiger partial charge on any atom is 0.262 e. The summed E-state index contributed by atoms with van der Waals surface area (Å²) in [6, 6.07) is 10.5. The van der Waals surface area contributed by atoms with Crippen LogP contribution < -0.4 is 10.6 Å². The molecule has 2 heterocycles. The van der Waals surface area contributed by atoms with Crippen molar-refractivity contribution >= 4 is 5.91 Å². The number of carbonyl (C=O) groups excluding carboxylic acids is 1. The molecule has 1 aromatic heterocycles. The maximum atomic E-state index is 13.1. The molecule has 1 fully saturated rings. The molecule has 1 aliphatic rings. The van der Waals surface area contributed by atoms with Gasteiger partial charge in [-0.3, -0.25) is 10.1 Å². The van der Waals surface area contributed by atoms with Crippen LogP contribution in [-0.2, 0) is 11.3 Å². The highest BCUT2D eigenvalue weighted by molar-refractivity contribution is 5.82. The van der Waals surface area contributed by atoms with Gasteiger partial charge in [0.15, 0.2) is 0 Å². The van der Waals surface area contributed by atoms with E-state index in [0.29, 0.717) is 5.69 Å². The molecule has 1 aliphatic heterocycles. The van der Waals surface area contributed by atoms with Crippen LogP contribution in [0.3, 0.4) is 0 Å². The lowest BCUT2D eigenvalue weighted by molar-refractivity contribution is -0.123. The van der Waals surface area contributed by atoms with E-state index in [9.17, 15) is 13.6 Å². The van der Waals surface area contributed by atoms with Crippen LogP contribution in [0.1, 0.15) is 12.1 Å². The molecule has 1 aromatic carbocycles. The highest BCUT2D eigenvalue weighted by atomic mass is 19.3. The third-order valence-electron chi connectivity index (χ3n) is 3.54. The second-order valence-electron chi connectivity index (χ2n) is 5.30. The lowest BCUT2D eigenvalue weighted by Crippen LogP contribution is -2.40. The Morgan fingerprint density at radius 2 is 2.14 bits per heavy atom. The summed E-state index contributed by atoms with van der Waals surface area (Å²) < 4.78 is 27.8. The van der Waals surface area contributed by atoms with E-state index in [2.05, 4.69) is 15.7 Å². The van der Waals surface area contributed by atoms with Crippen molar-refractivity contribution in [3.05, 3.63) is 48.3 Å². The van der Waals surface area contributed by atoms with Gasteiger partial charge >= 0.3 is 0 Å². The summed E-state index contributed by atoms with van der Waals surface area (Å²) in [6.07, 6.45) is 1.33. The average molecular weight is 306 g/mol. The van der Waals surface area contributed by atoms with Crippen molar-refractivity contribution in [2.24, 2.45) is 0 Å². The van der Waals surface area contributed by atoms with E-state index in [1.54, 1.807) is 16.9 Å². The standard InChI is InChI=1S/C15H16F2N4O/c16-15(17)8-13(19-10-15)14(22)18-9-11-6-7-21(20-11)12-4-2-1-3-5-12/h1-7,13,19H,8-10H2,(H,18,22). The number of para-hydroxylation sites is 1. The van der Waals surface area contributed by atoms with E-state index in [4.69, 9.17) is 0 Å². The summed E-state index contributed by atoms with van der Waals surface area (Å²) in [5.41, 5.74) is 1.58.